The molecule has 0 aliphatic heterocycles. The van der Waals surface area contributed by atoms with E-state index in [1.54, 1.807) is 12.1 Å². The van der Waals surface area contributed by atoms with Crippen LogP contribution in [0.1, 0.15) is 5.56 Å². The van der Waals surface area contributed by atoms with Crippen LogP contribution in [0, 0.1) is 0 Å². The van der Waals surface area contributed by atoms with Crippen molar-refractivity contribution in [3.63, 3.8) is 0 Å². The third kappa shape index (κ3) is 1.91. The van der Waals surface area contributed by atoms with Crippen LogP contribution in [-0.2, 0) is 0 Å². The molecule has 0 fully saturated rings. The molecule has 0 aliphatic carbocycles. The molecule has 0 amide bonds. The summed E-state index contributed by atoms with van der Waals surface area (Å²) in [5, 5.41) is 9.75. The number of aromatic hydroxyl groups is 1. The molecule has 2 aromatic carbocycles. The van der Waals surface area contributed by atoms with Crippen molar-refractivity contribution in [2.45, 2.75) is 0 Å². The van der Waals surface area contributed by atoms with E-state index in [1.807, 2.05) is 42.5 Å². The van der Waals surface area contributed by atoms with E-state index < -0.39 is 0 Å². The first kappa shape index (κ1) is 9.53. The third-order valence-corrected chi connectivity index (χ3v) is 2.34. The van der Waals surface area contributed by atoms with Crippen LogP contribution >= 0.6 is 0 Å². The fraction of sp³-hybridized carbons (Fsp3) is 0. The van der Waals surface area contributed by atoms with E-state index in [2.05, 4.69) is 6.58 Å². The van der Waals surface area contributed by atoms with Crippen LogP contribution in [0.3, 0.4) is 0 Å². The first-order valence-corrected chi connectivity index (χ1v) is 4.82. The van der Waals surface area contributed by atoms with Gasteiger partial charge in [0, 0.05) is 5.56 Å². The van der Waals surface area contributed by atoms with Gasteiger partial charge in [0.25, 0.3) is 0 Å². The van der Waals surface area contributed by atoms with Gasteiger partial charge < -0.3 is 5.11 Å². The minimum absolute atomic E-state index is 0.298. The van der Waals surface area contributed by atoms with Gasteiger partial charge in [0.1, 0.15) is 5.75 Å². The summed E-state index contributed by atoms with van der Waals surface area (Å²) in [6.45, 7) is 3.71. The normalized spacial score (nSPS) is 9.87. The summed E-state index contributed by atoms with van der Waals surface area (Å²) >= 11 is 0. The molecule has 0 atom stereocenters. The molecule has 2 rings (SSSR count). The highest BCUT2D eigenvalue weighted by Crippen LogP contribution is 2.29. The number of phenolic OH excluding ortho intramolecular Hbond substituents is 1. The Morgan fingerprint density at radius 2 is 1.73 bits per heavy atom. The molecule has 0 saturated carbocycles. The maximum absolute atomic E-state index is 9.75. The molecule has 0 saturated heterocycles. The van der Waals surface area contributed by atoms with E-state index in [9.17, 15) is 5.11 Å². The van der Waals surface area contributed by atoms with Gasteiger partial charge in [0.15, 0.2) is 0 Å². The summed E-state index contributed by atoms with van der Waals surface area (Å²) < 4.78 is 0. The SMILES string of the molecule is C=Cc1ccc(O)c(-c2ccccc2)c1. The van der Waals surface area contributed by atoms with E-state index in [1.165, 1.54) is 0 Å². The second-order valence-electron chi connectivity index (χ2n) is 3.35. The van der Waals surface area contributed by atoms with Crippen molar-refractivity contribution < 1.29 is 5.11 Å². The summed E-state index contributed by atoms with van der Waals surface area (Å²) in [5.74, 6) is 0.298. The number of benzene rings is 2. The van der Waals surface area contributed by atoms with Gasteiger partial charge in [-0.2, -0.15) is 0 Å². The van der Waals surface area contributed by atoms with Crippen LogP contribution in [0.15, 0.2) is 55.1 Å². The average molecular weight is 196 g/mol. The summed E-state index contributed by atoms with van der Waals surface area (Å²) in [5.41, 5.74) is 2.86. The second-order valence-corrected chi connectivity index (χ2v) is 3.35. The number of hydrogen-bond donors (Lipinski definition) is 1. The zero-order chi connectivity index (χ0) is 10.7. The van der Waals surface area contributed by atoms with Gasteiger partial charge >= 0.3 is 0 Å². The van der Waals surface area contributed by atoms with Crippen LogP contribution < -0.4 is 0 Å². The maximum atomic E-state index is 9.75. The summed E-state index contributed by atoms with van der Waals surface area (Å²) in [4.78, 5) is 0. The molecule has 15 heavy (non-hydrogen) atoms. The lowest BCUT2D eigenvalue weighted by atomic mass is 10.0. The smallest absolute Gasteiger partial charge is 0.123 e. The molecular weight excluding hydrogens is 184 g/mol. The summed E-state index contributed by atoms with van der Waals surface area (Å²) in [6.07, 6.45) is 1.77. The van der Waals surface area contributed by atoms with Crippen molar-refractivity contribution in [1.82, 2.24) is 0 Å². The van der Waals surface area contributed by atoms with Gasteiger partial charge in [0.2, 0.25) is 0 Å². The van der Waals surface area contributed by atoms with Crippen LogP contribution in [0.2, 0.25) is 0 Å². The molecule has 0 aliphatic rings. The summed E-state index contributed by atoms with van der Waals surface area (Å²) in [7, 11) is 0. The van der Waals surface area contributed by atoms with Crippen molar-refractivity contribution in [3.05, 3.63) is 60.7 Å². The molecule has 0 spiro atoms. The molecule has 74 valence electrons. The van der Waals surface area contributed by atoms with E-state index in [0.29, 0.717) is 5.75 Å². The van der Waals surface area contributed by atoms with Crippen molar-refractivity contribution in [3.8, 4) is 16.9 Å². The second kappa shape index (κ2) is 4.01. The van der Waals surface area contributed by atoms with Crippen molar-refractivity contribution >= 4 is 6.08 Å². The van der Waals surface area contributed by atoms with Crippen molar-refractivity contribution in [1.29, 1.82) is 0 Å². The molecule has 1 nitrogen and oxygen atoms in total. The number of phenols is 1. The predicted molar refractivity (Wildman–Crippen MR) is 63.6 cm³/mol. The Kier molecular flexibility index (Phi) is 2.55. The maximum Gasteiger partial charge on any atom is 0.123 e. The lowest BCUT2D eigenvalue weighted by molar-refractivity contribution is 0.477. The van der Waals surface area contributed by atoms with Crippen molar-refractivity contribution in [2.75, 3.05) is 0 Å². The first-order valence-electron chi connectivity index (χ1n) is 4.82. The molecule has 2 aromatic rings. The predicted octanol–water partition coefficient (Wildman–Crippen LogP) is 3.70. The molecule has 0 aromatic heterocycles. The summed E-state index contributed by atoms with van der Waals surface area (Å²) in [6, 6.07) is 15.3. The fourth-order valence-corrected chi connectivity index (χ4v) is 1.53. The van der Waals surface area contributed by atoms with E-state index >= 15 is 0 Å². The monoisotopic (exact) mass is 196 g/mol. The van der Waals surface area contributed by atoms with E-state index in [4.69, 9.17) is 0 Å². The van der Waals surface area contributed by atoms with Crippen molar-refractivity contribution in [2.24, 2.45) is 0 Å². The Hall–Kier alpha value is -2.02. The first-order chi connectivity index (χ1) is 7.31. The Bertz CT molecular complexity index is 472. The van der Waals surface area contributed by atoms with Crippen LogP contribution in [0.5, 0.6) is 5.75 Å². The topological polar surface area (TPSA) is 20.2 Å². The highest BCUT2D eigenvalue weighted by Gasteiger charge is 2.03. The van der Waals surface area contributed by atoms with Gasteiger partial charge in [-0.05, 0) is 23.3 Å². The molecule has 1 N–H and O–H groups in total. The van der Waals surface area contributed by atoms with Gasteiger partial charge in [0.05, 0.1) is 0 Å². The minimum atomic E-state index is 0.298. The molecule has 0 radical (unpaired) electrons. The Balaban J connectivity index is 2.57. The van der Waals surface area contributed by atoms with Crippen LogP contribution in [0.4, 0.5) is 0 Å². The fourth-order valence-electron chi connectivity index (χ4n) is 1.53. The van der Waals surface area contributed by atoms with Gasteiger partial charge in [-0.1, -0.05) is 49.1 Å². The molecule has 0 bridgehead atoms. The Morgan fingerprint density at radius 3 is 2.40 bits per heavy atom. The third-order valence-electron chi connectivity index (χ3n) is 2.34. The quantitative estimate of drug-likeness (QED) is 0.776. The minimum Gasteiger partial charge on any atom is -0.507 e. The van der Waals surface area contributed by atoms with E-state index in [0.717, 1.165) is 16.7 Å². The van der Waals surface area contributed by atoms with Gasteiger partial charge in [-0.15, -0.1) is 0 Å². The largest absolute Gasteiger partial charge is 0.507 e. The molecular formula is C14H12O. The van der Waals surface area contributed by atoms with Gasteiger partial charge in [-0.25, -0.2) is 0 Å². The zero-order valence-corrected chi connectivity index (χ0v) is 8.35. The number of hydrogen-bond acceptors (Lipinski definition) is 1. The highest BCUT2D eigenvalue weighted by atomic mass is 16.3. The Labute approximate surface area is 89.3 Å². The van der Waals surface area contributed by atoms with Crippen LogP contribution in [0.25, 0.3) is 17.2 Å². The van der Waals surface area contributed by atoms with Gasteiger partial charge in [-0.3, -0.25) is 0 Å². The highest BCUT2D eigenvalue weighted by molar-refractivity contribution is 5.72. The van der Waals surface area contributed by atoms with Crippen LogP contribution in [-0.4, -0.2) is 5.11 Å². The zero-order valence-electron chi connectivity index (χ0n) is 8.35. The molecule has 0 unspecified atom stereocenters. The van der Waals surface area contributed by atoms with E-state index in [-0.39, 0.29) is 0 Å². The lowest BCUT2D eigenvalue weighted by Crippen LogP contribution is -1.80. The number of rotatable bonds is 2. The molecule has 0 heterocycles. The standard InChI is InChI=1S/C14H12O/c1-2-11-8-9-14(15)13(10-11)12-6-4-3-5-7-12/h2-10,15H,1H2. The average Bonchev–Trinajstić information content (AvgIpc) is 2.31. The lowest BCUT2D eigenvalue weighted by Gasteiger charge is -2.05. The Morgan fingerprint density at radius 1 is 1.00 bits per heavy atom. The molecule has 1 heteroatoms.